The standard InChI is InChI=1S/C5H11OS.Rf/c1-6-4-2-3-5-7;/h7H,1-5H2;/q-1;. The van der Waals surface area contributed by atoms with Crippen LogP contribution < -0.4 is 0 Å². The predicted octanol–water partition coefficient (Wildman–Crippen LogP) is 1.50. The molecular weight excluding hydrogens is 375 g/mol. The van der Waals surface area contributed by atoms with E-state index in [0.29, 0.717) is 0 Å². The molecule has 0 aromatic heterocycles. The van der Waals surface area contributed by atoms with E-state index >= 15 is 0 Å². The SMILES string of the molecule is [CH2-]OCCCCS.[Rf]. The summed E-state index contributed by atoms with van der Waals surface area (Å²) in [5.74, 6) is 0.948. The Morgan fingerprint density at radius 3 is 2.38 bits per heavy atom. The molecule has 0 fully saturated rings. The van der Waals surface area contributed by atoms with Crippen LogP contribution in [0.15, 0.2) is 0 Å². The molecule has 0 saturated carbocycles. The monoisotopic (exact) mass is 386 g/mol. The Labute approximate surface area is 50.5 Å². The van der Waals surface area contributed by atoms with Crippen molar-refractivity contribution in [3.63, 3.8) is 0 Å². The van der Waals surface area contributed by atoms with E-state index in [-0.39, 0.29) is 0 Å². The fourth-order valence-corrected chi connectivity index (χ4v) is 0.540. The Morgan fingerprint density at radius 2 is 2.00 bits per heavy atom. The molecule has 0 N–H and O–H groups in total. The normalized spacial score (nSPS) is 8.25. The maximum atomic E-state index is 4.56. The second-order valence-electron chi connectivity index (χ2n) is 1.34. The molecule has 0 rings (SSSR count). The van der Waals surface area contributed by atoms with Crippen molar-refractivity contribution in [1.29, 1.82) is 0 Å². The summed E-state index contributed by atoms with van der Waals surface area (Å²) >= 11 is 4.02. The van der Waals surface area contributed by atoms with Gasteiger partial charge in [0.15, 0.2) is 0 Å². The minimum Gasteiger partial charge on any atom is -0.555 e. The average molecular weight is 386 g/mol. The first-order valence-corrected chi connectivity index (χ1v) is 3.03. The third-order valence-corrected chi connectivity index (χ3v) is 1.01. The van der Waals surface area contributed by atoms with Crippen LogP contribution in [0.4, 0.5) is 0 Å². The van der Waals surface area contributed by atoms with Crippen LogP contribution in [0.1, 0.15) is 12.8 Å². The Kier molecular flexibility index (Phi) is 12.4. The molecule has 0 aromatic carbocycles. The third kappa shape index (κ3) is 9.00. The zero-order valence-electron chi connectivity index (χ0n) is 5.10. The number of unbranched alkanes of at least 4 members (excludes halogenated alkanes) is 1. The summed E-state index contributed by atoms with van der Waals surface area (Å²) in [5.41, 5.74) is 0. The number of thiol groups is 1. The molecule has 0 aliphatic rings. The van der Waals surface area contributed by atoms with Crippen molar-refractivity contribution in [3.8, 4) is 0 Å². The van der Waals surface area contributed by atoms with E-state index in [1.165, 1.54) is 0 Å². The van der Waals surface area contributed by atoms with Crippen molar-refractivity contribution in [2.24, 2.45) is 0 Å². The van der Waals surface area contributed by atoms with Gasteiger partial charge in [-0.2, -0.15) is 12.6 Å². The van der Waals surface area contributed by atoms with Crippen molar-refractivity contribution in [2.75, 3.05) is 12.4 Å². The molecule has 0 radical (unpaired) electrons. The van der Waals surface area contributed by atoms with Gasteiger partial charge in [-0.1, -0.05) is 0 Å². The molecule has 0 spiro atoms. The topological polar surface area (TPSA) is 9.23 Å². The van der Waals surface area contributed by atoms with Crippen LogP contribution in [-0.4, -0.2) is 12.4 Å². The summed E-state index contributed by atoms with van der Waals surface area (Å²) < 4.78 is 4.56. The van der Waals surface area contributed by atoms with Crippen LogP contribution >= 0.6 is 12.6 Å². The van der Waals surface area contributed by atoms with Crippen LogP contribution in [0.25, 0.3) is 0 Å². The van der Waals surface area contributed by atoms with Crippen LogP contribution in [0.5, 0.6) is 0 Å². The quantitative estimate of drug-likeness (QED) is 0.438. The fraction of sp³-hybridized carbons (Fsp3) is 0.800. The first kappa shape index (κ1) is 10.3. The molecule has 8 heavy (non-hydrogen) atoms. The maximum Gasteiger partial charge on any atom is 0.0110 e. The first-order valence-electron chi connectivity index (χ1n) is 2.39. The van der Waals surface area contributed by atoms with Gasteiger partial charge in [0.2, 0.25) is 0 Å². The number of hydrogen-bond acceptors (Lipinski definition) is 2. The van der Waals surface area contributed by atoms with Crippen molar-refractivity contribution >= 4 is 12.6 Å². The van der Waals surface area contributed by atoms with E-state index in [1.807, 2.05) is 0 Å². The minimum absolute atomic E-state index is 0. The van der Waals surface area contributed by atoms with Gasteiger partial charge >= 0.3 is 0 Å². The Bertz CT molecular complexity index is 31.6. The molecule has 0 aliphatic heterocycles. The van der Waals surface area contributed by atoms with Gasteiger partial charge in [-0.15, -0.1) is 0 Å². The third-order valence-electron chi connectivity index (χ3n) is 0.697. The van der Waals surface area contributed by atoms with Gasteiger partial charge in [-0.3, -0.25) is 0 Å². The number of hydrogen-bond donors (Lipinski definition) is 1. The van der Waals surface area contributed by atoms with Gasteiger partial charge in [0, 0.05) is 6.61 Å². The zero-order chi connectivity index (χ0) is 5.54. The van der Waals surface area contributed by atoms with E-state index in [2.05, 4.69) is 24.5 Å². The van der Waals surface area contributed by atoms with Gasteiger partial charge in [0.05, 0.1) is 0 Å². The summed E-state index contributed by atoms with van der Waals surface area (Å²) in [6, 6.07) is 0. The molecule has 0 unspecified atom stereocenters. The molecule has 0 amide bonds. The fourth-order valence-electron chi connectivity index (χ4n) is 0.316. The van der Waals surface area contributed by atoms with Gasteiger partial charge < -0.3 is 4.74 Å². The minimum atomic E-state index is 0. The Hall–Kier alpha value is -0.690. The zero-order valence-corrected chi connectivity index (χ0v) is 12.4. The summed E-state index contributed by atoms with van der Waals surface area (Å²) in [6.45, 7) is 0.764. The van der Waals surface area contributed by atoms with Crippen LogP contribution in [0, 0.1) is 7.11 Å². The summed E-state index contributed by atoms with van der Waals surface area (Å²) in [5, 5.41) is 0. The van der Waals surface area contributed by atoms with E-state index in [9.17, 15) is 0 Å². The van der Waals surface area contributed by atoms with Crippen LogP contribution in [0.3, 0.4) is 0 Å². The molecule has 3 heteroatoms. The predicted molar refractivity (Wildman–Crippen MR) is 34.4 cm³/mol. The van der Waals surface area contributed by atoms with Gasteiger partial charge in [0.25, 0.3) is 0 Å². The van der Waals surface area contributed by atoms with Crippen molar-refractivity contribution in [1.82, 2.24) is 0 Å². The van der Waals surface area contributed by atoms with Gasteiger partial charge in [-0.05, 0) is 18.6 Å². The van der Waals surface area contributed by atoms with Crippen molar-refractivity contribution in [3.05, 3.63) is 7.11 Å². The summed E-state index contributed by atoms with van der Waals surface area (Å²) in [4.78, 5) is 0. The molecule has 46 valence electrons. The second-order valence-corrected chi connectivity index (χ2v) is 1.79. The largest absolute Gasteiger partial charge is 0.555 e. The van der Waals surface area contributed by atoms with Crippen LogP contribution in [-0.2, 0) is 4.74 Å². The van der Waals surface area contributed by atoms with E-state index in [1.54, 1.807) is 0 Å². The molecule has 0 bridgehead atoms. The molecule has 0 saturated heterocycles. The average Bonchev–Trinajstić information content (AvgIpc) is 1.69. The van der Waals surface area contributed by atoms with Crippen LogP contribution in [0.2, 0.25) is 0 Å². The van der Waals surface area contributed by atoms with E-state index in [0.717, 1.165) is 25.2 Å². The van der Waals surface area contributed by atoms with Gasteiger partial charge in [0.1, 0.15) is 0 Å². The van der Waals surface area contributed by atoms with Crippen molar-refractivity contribution < 1.29 is 4.74 Å². The van der Waals surface area contributed by atoms with E-state index < -0.39 is 0 Å². The number of ether oxygens (including phenoxy) is 1. The second kappa shape index (κ2) is 9.58. The molecule has 0 aromatic rings. The molecular formula is C5H11ORfS-. The number of rotatable bonds is 4. The molecule has 0 aliphatic carbocycles. The molecule has 0 atom stereocenters. The molecule has 1 nitrogen and oxygen atoms in total. The van der Waals surface area contributed by atoms with Gasteiger partial charge in [-0.25, -0.2) is 7.11 Å². The Morgan fingerprint density at radius 1 is 1.38 bits per heavy atom. The smallest absolute Gasteiger partial charge is 0.0110 e. The Balaban J connectivity index is 0. The molecule has 0 heterocycles. The first-order chi connectivity index (χ1) is 3.41. The maximum absolute atomic E-state index is 4.56. The van der Waals surface area contributed by atoms with Crippen molar-refractivity contribution in [2.45, 2.75) is 12.8 Å². The van der Waals surface area contributed by atoms with E-state index in [4.69, 9.17) is 0 Å². The summed E-state index contributed by atoms with van der Waals surface area (Å²) in [6.07, 6.45) is 2.20. The summed E-state index contributed by atoms with van der Waals surface area (Å²) in [7, 11) is 3.23.